The normalized spacial score (nSPS) is 11.1. The molecule has 0 atom stereocenters. The minimum absolute atomic E-state index is 0.0451. The van der Waals surface area contributed by atoms with Crippen molar-refractivity contribution < 1.29 is 4.79 Å². The molecule has 0 spiro atoms. The van der Waals surface area contributed by atoms with Gasteiger partial charge >= 0.3 is 0 Å². The molecule has 2 aromatic carbocycles. The van der Waals surface area contributed by atoms with E-state index in [0.717, 1.165) is 41.0 Å². The molecular weight excluding hydrogens is 346 g/mol. The Kier molecular flexibility index (Phi) is 7.24. The molecule has 0 radical (unpaired) electrons. The third-order valence-corrected chi connectivity index (χ3v) is 5.27. The Bertz CT molecular complexity index is 913. The number of aromatic nitrogens is 2. The molecule has 0 saturated carbocycles. The number of unbranched alkanes of at least 4 members (excludes halogenated alkanes) is 5. The molecule has 0 aliphatic heterocycles. The summed E-state index contributed by atoms with van der Waals surface area (Å²) in [6.07, 6.45) is 7.59. The van der Waals surface area contributed by atoms with Gasteiger partial charge in [0.2, 0.25) is 0 Å². The van der Waals surface area contributed by atoms with Crippen molar-refractivity contribution in [3.8, 4) is 0 Å². The number of imidazole rings is 1. The van der Waals surface area contributed by atoms with E-state index in [9.17, 15) is 4.79 Å². The lowest BCUT2D eigenvalue weighted by atomic mass is 10.1. The molecule has 1 amide bonds. The van der Waals surface area contributed by atoms with Gasteiger partial charge in [-0.1, -0.05) is 69.4 Å². The molecule has 0 aliphatic rings. The van der Waals surface area contributed by atoms with Crippen molar-refractivity contribution in [2.24, 2.45) is 0 Å². The largest absolute Gasteiger partial charge is 0.345 e. The number of aryl methyl sites for hydroxylation is 2. The van der Waals surface area contributed by atoms with E-state index in [1.807, 2.05) is 43.3 Å². The Labute approximate surface area is 168 Å². The van der Waals surface area contributed by atoms with Gasteiger partial charge in [0.05, 0.1) is 17.6 Å². The maximum Gasteiger partial charge on any atom is 0.251 e. The van der Waals surface area contributed by atoms with Gasteiger partial charge in [-0.25, -0.2) is 4.98 Å². The van der Waals surface area contributed by atoms with Gasteiger partial charge in [0.1, 0.15) is 5.82 Å². The van der Waals surface area contributed by atoms with Crippen molar-refractivity contribution in [3.05, 3.63) is 65.5 Å². The molecule has 4 nitrogen and oxygen atoms in total. The molecule has 1 N–H and O–H groups in total. The Balaban J connectivity index is 1.68. The fourth-order valence-electron chi connectivity index (χ4n) is 3.64. The van der Waals surface area contributed by atoms with Crippen molar-refractivity contribution in [1.82, 2.24) is 14.9 Å². The number of hydrogen-bond donors (Lipinski definition) is 1. The first kappa shape index (κ1) is 20.1. The standard InChI is InChI=1S/C24H31N3O/c1-3-4-5-6-7-12-17-27-22-16-11-10-15-21(22)26-23(27)18-25-24(28)20-14-9-8-13-19(20)2/h8-11,13-16H,3-7,12,17-18H2,1-2H3,(H,25,28). The summed E-state index contributed by atoms with van der Waals surface area (Å²) in [6, 6.07) is 15.9. The number of nitrogens with one attached hydrogen (secondary N) is 1. The Morgan fingerprint density at radius 3 is 2.50 bits per heavy atom. The van der Waals surface area contributed by atoms with Crippen LogP contribution in [0.15, 0.2) is 48.5 Å². The monoisotopic (exact) mass is 377 g/mol. The van der Waals surface area contributed by atoms with Gasteiger partial charge in [0, 0.05) is 12.1 Å². The van der Waals surface area contributed by atoms with E-state index in [-0.39, 0.29) is 5.91 Å². The number of para-hydroxylation sites is 2. The number of benzene rings is 2. The zero-order valence-electron chi connectivity index (χ0n) is 17.1. The Hall–Kier alpha value is -2.62. The molecule has 3 rings (SSSR count). The molecule has 148 valence electrons. The van der Waals surface area contributed by atoms with Crippen LogP contribution in [0.5, 0.6) is 0 Å². The van der Waals surface area contributed by atoms with Gasteiger partial charge in [-0.05, 0) is 37.1 Å². The number of rotatable bonds is 10. The van der Waals surface area contributed by atoms with Crippen molar-refractivity contribution >= 4 is 16.9 Å². The van der Waals surface area contributed by atoms with E-state index in [0.29, 0.717) is 6.54 Å². The van der Waals surface area contributed by atoms with Crippen LogP contribution in [0.4, 0.5) is 0 Å². The minimum Gasteiger partial charge on any atom is -0.345 e. The lowest BCUT2D eigenvalue weighted by molar-refractivity contribution is 0.0949. The molecule has 0 bridgehead atoms. The van der Waals surface area contributed by atoms with E-state index >= 15 is 0 Å². The van der Waals surface area contributed by atoms with Gasteiger partial charge in [0.25, 0.3) is 5.91 Å². The number of amides is 1. The first-order chi connectivity index (χ1) is 13.7. The highest BCUT2D eigenvalue weighted by Gasteiger charge is 2.13. The second kappa shape index (κ2) is 10.1. The zero-order chi connectivity index (χ0) is 19.8. The lowest BCUT2D eigenvalue weighted by Gasteiger charge is -2.11. The van der Waals surface area contributed by atoms with Gasteiger partial charge < -0.3 is 9.88 Å². The van der Waals surface area contributed by atoms with E-state index in [4.69, 9.17) is 4.98 Å². The highest BCUT2D eigenvalue weighted by molar-refractivity contribution is 5.95. The average molecular weight is 378 g/mol. The number of fused-ring (bicyclic) bond motifs is 1. The van der Waals surface area contributed by atoms with Crippen molar-refractivity contribution in [2.45, 2.75) is 65.5 Å². The molecule has 1 aromatic heterocycles. The van der Waals surface area contributed by atoms with Gasteiger partial charge in [0.15, 0.2) is 0 Å². The summed E-state index contributed by atoms with van der Waals surface area (Å²) in [5, 5.41) is 3.05. The van der Waals surface area contributed by atoms with Crippen LogP contribution in [-0.4, -0.2) is 15.5 Å². The van der Waals surface area contributed by atoms with Crippen molar-refractivity contribution in [1.29, 1.82) is 0 Å². The van der Waals surface area contributed by atoms with Gasteiger partial charge in [-0.3, -0.25) is 4.79 Å². The molecule has 3 aromatic rings. The molecule has 0 unspecified atom stereocenters. The fraction of sp³-hybridized carbons (Fsp3) is 0.417. The van der Waals surface area contributed by atoms with Crippen LogP contribution in [0.3, 0.4) is 0 Å². The minimum atomic E-state index is -0.0451. The number of carbonyl (C=O) groups is 1. The van der Waals surface area contributed by atoms with Crippen LogP contribution >= 0.6 is 0 Å². The quantitative estimate of drug-likeness (QED) is 0.465. The van der Waals surface area contributed by atoms with Crippen LogP contribution in [0.25, 0.3) is 11.0 Å². The Morgan fingerprint density at radius 1 is 0.964 bits per heavy atom. The molecule has 0 saturated heterocycles. The van der Waals surface area contributed by atoms with E-state index in [1.54, 1.807) is 0 Å². The van der Waals surface area contributed by atoms with Crippen molar-refractivity contribution in [3.63, 3.8) is 0 Å². The number of nitrogens with zero attached hydrogens (tertiary/aromatic N) is 2. The van der Waals surface area contributed by atoms with Crippen LogP contribution in [0.2, 0.25) is 0 Å². The lowest BCUT2D eigenvalue weighted by Crippen LogP contribution is -2.25. The third-order valence-electron chi connectivity index (χ3n) is 5.27. The smallest absolute Gasteiger partial charge is 0.251 e. The topological polar surface area (TPSA) is 46.9 Å². The van der Waals surface area contributed by atoms with Gasteiger partial charge in [-0.2, -0.15) is 0 Å². The summed E-state index contributed by atoms with van der Waals surface area (Å²) >= 11 is 0. The first-order valence-electron chi connectivity index (χ1n) is 10.5. The molecule has 1 heterocycles. The predicted molar refractivity (Wildman–Crippen MR) is 115 cm³/mol. The second-order valence-corrected chi connectivity index (χ2v) is 7.43. The fourth-order valence-corrected chi connectivity index (χ4v) is 3.64. The van der Waals surface area contributed by atoms with Crippen molar-refractivity contribution in [2.75, 3.05) is 0 Å². The Morgan fingerprint density at radius 2 is 1.68 bits per heavy atom. The number of hydrogen-bond acceptors (Lipinski definition) is 2. The maximum absolute atomic E-state index is 12.6. The van der Waals surface area contributed by atoms with Gasteiger partial charge in [-0.15, -0.1) is 0 Å². The van der Waals surface area contributed by atoms with Crippen LogP contribution in [0, 0.1) is 6.92 Å². The third kappa shape index (κ3) is 5.00. The van der Waals surface area contributed by atoms with Crippen LogP contribution in [0.1, 0.15) is 67.2 Å². The SMILES string of the molecule is CCCCCCCCn1c(CNC(=O)c2ccccc2C)nc2ccccc21. The molecule has 4 heteroatoms. The summed E-state index contributed by atoms with van der Waals surface area (Å²) < 4.78 is 2.27. The summed E-state index contributed by atoms with van der Waals surface area (Å²) in [4.78, 5) is 17.4. The maximum atomic E-state index is 12.6. The average Bonchev–Trinajstić information content (AvgIpc) is 3.07. The molecule has 0 aliphatic carbocycles. The first-order valence-corrected chi connectivity index (χ1v) is 10.5. The second-order valence-electron chi connectivity index (χ2n) is 7.43. The highest BCUT2D eigenvalue weighted by Crippen LogP contribution is 2.18. The predicted octanol–water partition coefficient (Wildman–Crippen LogP) is 5.64. The summed E-state index contributed by atoms with van der Waals surface area (Å²) in [5.41, 5.74) is 3.85. The van der Waals surface area contributed by atoms with E-state index in [1.165, 1.54) is 32.1 Å². The summed E-state index contributed by atoms with van der Waals surface area (Å²) in [5.74, 6) is 0.882. The highest BCUT2D eigenvalue weighted by atomic mass is 16.1. The molecular formula is C24H31N3O. The molecule has 0 fully saturated rings. The van der Waals surface area contributed by atoms with Crippen LogP contribution in [-0.2, 0) is 13.1 Å². The summed E-state index contributed by atoms with van der Waals surface area (Å²) in [6.45, 7) is 5.59. The van der Waals surface area contributed by atoms with Crippen LogP contribution < -0.4 is 5.32 Å². The number of carbonyl (C=O) groups excluding carboxylic acids is 1. The summed E-state index contributed by atoms with van der Waals surface area (Å²) in [7, 11) is 0. The van der Waals surface area contributed by atoms with E-state index < -0.39 is 0 Å². The molecule has 28 heavy (non-hydrogen) atoms. The van der Waals surface area contributed by atoms with E-state index in [2.05, 4.69) is 28.9 Å². The zero-order valence-corrected chi connectivity index (χ0v) is 17.1.